The van der Waals surface area contributed by atoms with Gasteiger partial charge in [0.2, 0.25) is 5.95 Å². The lowest BCUT2D eigenvalue weighted by Crippen LogP contribution is -2.14. The summed E-state index contributed by atoms with van der Waals surface area (Å²) in [4.78, 5) is 36.6. The number of aromatic amines is 1. The van der Waals surface area contributed by atoms with Gasteiger partial charge in [-0.1, -0.05) is 24.3 Å². The van der Waals surface area contributed by atoms with E-state index in [2.05, 4.69) is 20.3 Å². The summed E-state index contributed by atoms with van der Waals surface area (Å²) in [5.74, 6) is -0.220. The number of fused-ring (bicyclic) bond motifs is 2. The Kier molecular flexibility index (Phi) is 5.30. The van der Waals surface area contributed by atoms with E-state index in [1.165, 1.54) is 0 Å². The third kappa shape index (κ3) is 3.80. The van der Waals surface area contributed by atoms with Gasteiger partial charge in [0.25, 0.3) is 5.91 Å². The Morgan fingerprint density at radius 3 is 2.63 bits per heavy atom. The van der Waals surface area contributed by atoms with Crippen LogP contribution in [0.1, 0.15) is 34.7 Å². The van der Waals surface area contributed by atoms with Crippen LogP contribution in [0.5, 0.6) is 5.75 Å². The van der Waals surface area contributed by atoms with Crippen molar-refractivity contribution in [3.05, 3.63) is 59.9 Å². The van der Waals surface area contributed by atoms with E-state index in [4.69, 9.17) is 9.47 Å². The van der Waals surface area contributed by atoms with Crippen LogP contribution >= 0.6 is 0 Å². The maximum atomic E-state index is 12.7. The average Bonchev–Trinajstić information content (AvgIpc) is 3.15. The number of nitrogens with zero attached hydrogens (tertiary/aromatic N) is 2. The van der Waals surface area contributed by atoms with E-state index >= 15 is 0 Å². The summed E-state index contributed by atoms with van der Waals surface area (Å²) in [5, 5.41) is 4.56. The van der Waals surface area contributed by atoms with Crippen LogP contribution in [-0.2, 0) is 4.74 Å². The van der Waals surface area contributed by atoms with Crippen molar-refractivity contribution in [2.24, 2.45) is 0 Å². The molecule has 0 fully saturated rings. The van der Waals surface area contributed by atoms with Crippen molar-refractivity contribution in [3.8, 4) is 5.75 Å². The topological polar surface area (TPSA) is 106 Å². The first kappa shape index (κ1) is 19.4. The molecular formula is C22H20N4O4. The molecule has 0 saturated carbocycles. The standard InChI is InChI=1S/C22H20N4O4/c1-3-29-15-10-16(21(28)30-4-2)19-17(11-15)24-22(25-19)26-20(27)18-9-13-7-5-6-8-14(13)12-23-18/h5-12H,3-4H2,1-2H3,(H2,24,25,26,27). The van der Waals surface area contributed by atoms with Crippen molar-refractivity contribution in [3.63, 3.8) is 0 Å². The van der Waals surface area contributed by atoms with Crippen LogP contribution in [0.2, 0.25) is 0 Å². The monoisotopic (exact) mass is 404 g/mol. The van der Waals surface area contributed by atoms with Gasteiger partial charge in [0.15, 0.2) is 0 Å². The third-order valence-electron chi connectivity index (χ3n) is 4.46. The van der Waals surface area contributed by atoms with Crippen molar-refractivity contribution in [1.82, 2.24) is 15.0 Å². The molecule has 4 rings (SSSR count). The van der Waals surface area contributed by atoms with Crippen LogP contribution in [0.3, 0.4) is 0 Å². The molecular weight excluding hydrogens is 384 g/mol. The minimum absolute atomic E-state index is 0.198. The van der Waals surface area contributed by atoms with E-state index in [1.807, 2.05) is 31.2 Å². The number of hydrogen-bond donors (Lipinski definition) is 2. The molecule has 0 aliphatic carbocycles. The quantitative estimate of drug-likeness (QED) is 0.472. The lowest BCUT2D eigenvalue weighted by molar-refractivity contribution is 0.0528. The average molecular weight is 404 g/mol. The summed E-state index contributed by atoms with van der Waals surface area (Å²) >= 11 is 0. The molecule has 0 aliphatic rings. The number of carbonyl (C=O) groups is 2. The summed E-state index contributed by atoms with van der Waals surface area (Å²) in [6.45, 7) is 4.26. The van der Waals surface area contributed by atoms with Crippen LogP contribution < -0.4 is 10.1 Å². The molecule has 8 nitrogen and oxygen atoms in total. The molecule has 4 aromatic rings. The number of H-pyrrole nitrogens is 1. The van der Waals surface area contributed by atoms with Gasteiger partial charge < -0.3 is 14.5 Å². The minimum atomic E-state index is -0.510. The van der Waals surface area contributed by atoms with Gasteiger partial charge in [0.1, 0.15) is 17.0 Å². The minimum Gasteiger partial charge on any atom is -0.494 e. The van der Waals surface area contributed by atoms with Crippen LogP contribution in [-0.4, -0.2) is 40.0 Å². The van der Waals surface area contributed by atoms with E-state index in [0.717, 1.165) is 10.8 Å². The van der Waals surface area contributed by atoms with Gasteiger partial charge in [-0.3, -0.25) is 15.1 Å². The number of esters is 1. The highest BCUT2D eigenvalue weighted by molar-refractivity contribution is 6.06. The first-order valence-corrected chi connectivity index (χ1v) is 9.59. The van der Waals surface area contributed by atoms with Crippen molar-refractivity contribution >= 4 is 39.6 Å². The molecule has 30 heavy (non-hydrogen) atoms. The third-order valence-corrected chi connectivity index (χ3v) is 4.46. The number of ether oxygens (including phenoxy) is 2. The van der Waals surface area contributed by atoms with E-state index in [1.54, 1.807) is 31.3 Å². The molecule has 0 saturated heterocycles. The van der Waals surface area contributed by atoms with Crippen molar-refractivity contribution in [2.45, 2.75) is 13.8 Å². The van der Waals surface area contributed by atoms with E-state index < -0.39 is 11.9 Å². The van der Waals surface area contributed by atoms with Gasteiger partial charge in [-0.05, 0) is 31.4 Å². The number of nitrogens with one attached hydrogen (secondary N) is 2. The number of hydrogen-bond acceptors (Lipinski definition) is 6. The Labute approximate surface area is 172 Å². The zero-order chi connectivity index (χ0) is 21.1. The normalized spacial score (nSPS) is 10.9. The fraction of sp³-hybridized carbons (Fsp3) is 0.182. The molecule has 0 radical (unpaired) electrons. The summed E-state index contributed by atoms with van der Waals surface area (Å²) in [6, 6.07) is 12.7. The number of aromatic nitrogens is 3. The zero-order valence-electron chi connectivity index (χ0n) is 16.6. The van der Waals surface area contributed by atoms with Crippen LogP contribution in [0.15, 0.2) is 48.7 Å². The zero-order valence-corrected chi connectivity index (χ0v) is 16.6. The summed E-state index contributed by atoms with van der Waals surface area (Å²) in [5.41, 5.74) is 1.46. The van der Waals surface area contributed by atoms with Gasteiger partial charge in [-0.15, -0.1) is 0 Å². The van der Waals surface area contributed by atoms with Crippen molar-refractivity contribution in [2.75, 3.05) is 18.5 Å². The number of amides is 1. The molecule has 2 aromatic heterocycles. The predicted octanol–water partition coefficient (Wildman–Crippen LogP) is 3.94. The Balaban J connectivity index is 1.67. The number of carbonyl (C=O) groups excluding carboxylic acids is 2. The maximum absolute atomic E-state index is 12.7. The SMILES string of the molecule is CCOC(=O)c1cc(OCC)cc2[nH]c(NC(=O)c3cc4ccccc4cn3)nc12. The number of rotatable bonds is 6. The summed E-state index contributed by atoms with van der Waals surface area (Å²) < 4.78 is 10.7. The highest BCUT2D eigenvalue weighted by Gasteiger charge is 2.19. The molecule has 0 bridgehead atoms. The smallest absolute Gasteiger partial charge is 0.340 e. The number of imidazole rings is 1. The highest BCUT2D eigenvalue weighted by atomic mass is 16.5. The van der Waals surface area contributed by atoms with Crippen molar-refractivity contribution in [1.29, 1.82) is 0 Å². The molecule has 2 heterocycles. The first-order chi connectivity index (χ1) is 14.6. The number of pyridine rings is 1. The van der Waals surface area contributed by atoms with Crippen molar-refractivity contribution < 1.29 is 19.1 Å². The van der Waals surface area contributed by atoms with Gasteiger partial charge in [0.05, 0.1) is 24.3 Å². The molecule has 152 valence electrons. The fourth-order valence-electron chi connectivity index (χ4n) is 3.14. The Morgan fingerprint density at radius 1 is 1.07 bits per heavy atom. The van der Waals surface area contributed by atoms with Gasteiger partial charge in [-0.25, -0.2) is 9.78 Å². The lowest BCUT2D eigenvalue weighted by atomic mass is 10.1. The number of anilines is 1. The van der Waals surface area contributed by atoms with E-state index in [9.17, 15) is 9.59 Å². The van der Waals surface area contributed by atoms with Gasteiger partial charge >= 0.3 is 5.97 Å². The largest absolute Gasteiger partial charge is 0.494 e. The van der Waals surface area contributed by atoms with E-state index in [0.29, 0.717) is 23.4 Å². The predicted molar refractivity (Wildman–Crippen MR) is 113 cm³/mol. The molecule has 0 unspecified atom stereocenters. The molecule has 1 amide bonds. The maximum Gasteiger partial charge on any atom is 0.340 e. The second kappa shape index (κ2) is 8.20. The molecule has 0 spiro atoms. The Hall–Kier alpha value is -3.94. The number of benzene rings is 2. The molecule has 0 aliphatic heterocycles. The highest BCUT2D eigenvalue weighted by Crippen LogP contribution is 2.26. The lowest BCUT2D eigenvalue weighted by Gasteiger charge is -2.06. The van der Waals surface area contributed by atoms with Gasteiger partial charge in [0, 0.05) is 17.6 Å². The second-order valence-electron chi connectivity index (χ2n) is 6.48. The molecule has 0 atom stereocenters. The summed E-state index contributed by atoms with van der Waals surface area (Å²) in [6.07, 6.45) is 1.65. The first-order valence-electron chi connectivity index (χ1n) is 9.59. The Bertz CT molecular complexity index is 1250. The van der Waals surface area contributed by atoms with E-state index in [-0.39, 0.29) is 23.8 Å². The molecule has 2 aromatic carbocycles. The van der Waals surface area contributed by atoms with Crippen LogP contribution in [0, 0.1) is 0 Å². The van der Waals surface area contributed by atoms with Gasteiger partial charge in [-0.2, -0.15) is 0 Å². The fourth-order valence-corrected chi connectivity index (χ4v) is 3.14. The Morgan fingerprint density at radius 2 is 1.87 bits per heavy atom. The van der Waals surface area contributed by atoms with Crippen LogP contribution in [0.25, 0.3) is 21.8 Å². The second-order valence-corrected chi connectivity index (χ2v) is 6.48. The summed E-state index contributed by atoms with van der Waals surface area (Å²) in [7, 11) is 0. The van der Waals surface area contributed by atoms with Crippen LogP contribution in [0.4, 0.5) is 5.95 Å². The molecule has 2 N–H and O–H groups in total. The molecule has 8 heteroatoms.